The van der Waals surface area contributed by atoms with Gasteiger partial charge >= 0.3 is 0 Å². The lowest BCUT2D eigenvalue weighted by molar-refractivity contribution is 0.0921. The summed E-state index contributed by atoms with van der Waals surface area (Å²) < 4.78 is 10.6. The molecule has 0 aliphatic heterocycles. The van der Waals surface area contributed by atoms with E-state index in [-0.39, 0.29) is 10.7 Å². The normalized spacial score (nSPS) is 12.5. The Morgan fingerprint density at radius 1 is 1.67 bits per heavy atom. The second-order valence-electron chi connectivity index (χ2n) is 2.87. The van der Waals surface area contributed by atoms with Crippen LogP contribution in [0.2, 0.25) is 0 Å². The average Bonchev–Trinajstić information content (AvgIpc) is 2.62. The van der Waals surface area contributed by atoms with Gasteiger partial charge in [0.25, 0.3) is 5.91 Å². The maximum absolute atomic E-state index is 11.5. The van der Waals surface area contributed by atoms with E-state index in [2.05, 4.69) is 37.2 Å². The third-order valence-electron chi connectivity index (χ3n) is 1.63. The number of rotatable bonds is 5. The lowest BCUT2D eigenvalue weighted by Crippen LogP contribution is -2.31. The summed E-state index contributed by atoms with van der Waals surface area (Å²) in [4.78, 5) is 11.6. The van der Waals surface area contributed by atoms with Gasteiger partial charge in [0.2, 0.25) is 0 Å². The van der Waals surface area contributed by atoms with Crippen LogP contribution in [0, 0.1) is 0 Å². The first-order valence-corrected chi connectivity index (χ1v) is 6.01. The van der Waals surface area contributed by atoms with Gasteiger partial charge in [-0.15, -0.1) is 0 Å². The molecule has 1 rings (SSSR count). The SMILES string of the molecule is COCC(Br)CNC(=O)c1ccc(Br)o1. The number of halogens is 2. The quantitative estimate of drug-likeness (QED) is 0.836. The van der Waals surface area contributed by atoms with E-state index in [4.69, 9.17) is 9.15 Å². The summed E-state index contributed by atoms with van der Waals surface area (Å²) >= 11 is 6.49. The third-order valence-corrected chi connectivity index (χ3v) is 2.64. The van der Waals surface area contributed by atoms with Crippen LogP contribution >= 0.6 is 31.9 Å². The molecule has 0 fully saturated rings. The van der Waals surface area contributed by atoms with Crippen LogP contribution in [0.1, 0.15) is 10.6 Å². The van der Waals surface area contributed by atoms with Crippen molar-refractivity contribution >= 4 is 37.8 Å². The van der Waals surface area contributed by atoms with Crippen LogP contribution in [0.4, 0.5) is 0 Å². The van der Waals surface area contributed by atoms with Crippen molar-refractivity contribution in [3.05, 3.63) is 22.6 Å². The predicted molar refractivity (Wildman–Crippen MR) is 63.3 cm³/mol. The van der Waals surface area contributed by atoms with Crippen molar-refractivity contribution < 1.29 is 13.9 Å². The first-order chi connectivity index (χ1) is 7.13. The molecule has 1 atom stereocenters. The molecule has 15 heavy (non-hydrogen) atoms. The Morgan fingerprint density at radius 3 is 2.93 bits per heavy atom. The van der Waals surface area contributed by atoms with Crippen molar-refractivity contribution in [3.63, 3.8) is 0 Å². The van der Waals surface area contributed by atoms with Gasteiger partial charge in [0.05, 0.1) is 11.4 Å². The number of carbonyl (C=O) groups excluding carboxylic acids is 1. The molecule has 0 bridgehead atoms. The molecule has 0 aromatic carbocycles. The zero-order valence-corrected chi connectivity index (χ0v) is 11.3. The van der Waals surface area contributed by atoms with Crippen LogP contribution in [0.25, 0.3) is 0 Å². The van der Waals surface area contributed by atoms with Crippen molar-refractivity contribution in [1.29, 1.82) is 0 Å². The Morgan fingerprint density at radius 2 is 2.40 bits per heavy atom. The first kappa shape index (κ1) is 12.7. The van der Waals surface area contributed by atoms with E-state index in [9.17, 15) is 4.79 Å². The van der Waals surface area contributed by atoms with Crippen LogP contribution < -0.4 is 5.32 Å². The molecule has 6 heteroatoms. The fraction of sp³-hybridized carbons (Fsp3) is 0.444. The number of alkyl halides is 1. The molecule has 0 aliphatic carbocycles. The summed E-state index contributed by atoms with van der Waals surface area (Å²) in [5.41, 5.74) is 0. The highest BCUT2D eigenvalue weighted by Crippen LogP contribution is 2.13. The molecule has 1 amide bonds. The van der Waals surface area contributed by atoms with Crippen LogP contribution in [-0.2, 0) is 4.74 Å². The number of furan rings is 1. The van der Waals surface area contributed by atoms with E-state index in [1.165, 1.54) is 0 Å². The van der Waals surface area contributed by atoms with E-state index in [1.807, 2.05) is 0 Å². The Labute approximate surface area is 105 Å². The maximum atomic E-state index is 11.5. The van der Waals surface area contributed by atoms with Crippen molar-refractivity contribution in [2.45, 2.75) is 4.83 Å². The van der Waals surface area contributed by atoms with Crippen molar-refractivity contribution in [2.24, 2.45) is 0 Å². The highest BCUT2D eigenvalue weighted by molar-refractivity contribution is 9.10. The molecule has 0 aliphatic rings. The van der Waals surface area contributed by atoms with Gasteiger partial charge in [0.15, 0.2) is 10.4 Å². The second kappa shape index (κ2) is 6.30. The monoisotopic (exact) mass is 339 g/mol. The van der Waals surface area contributed by atoms with Crippen LogP contribution in [0.5, 0.6) is 0 Å². The predicted octanol–water partition coefficient (Wildman–Crippen LogP) is 2.18. The summed E-state index contributed by atoms with van der Waals surface area (Å²) in [6.45, 7) is 1.03. The highest BCUT2D eigenvalue weighted by Gasteiger charge is 2.11. The Balaban J connectivity index is 2.36. The Hall–Kier alpha value is -0.330. The zero-order chi connectivity index (χ0) is 11.3. The average molecular weight is 341 g/mol. The Bertz CT molecular complexity index is 327. The van der Waals surface area contributed by atoms with Crippen molar-refractivity contribution in [1.82, 2.24) is 5.32 Å². The molecule has 1 aromatic heterocycles. The van der Waals surface area contributed by atoms with Gasteiger partial charge in [0, 0.05) is 13.7 Å². The minimum atomic E-state index is -0.235. The maximum Gasteiger partial charge on any atom is 0.287 e. The first-order valence-electron chi connectivity index (χ1n) is 4.30. The molecule has 0 saturated carbocycles. The fourth-order valence-corrected chi connectivity index (χ4v) is 1.70. The molecular weight excluding hydrogens is 330 g/mol. The lowest BCUT2D eigenvalue weighted by atomic mass is 10.4. The number of carbonyl (C=O) groups is 1. The third kappa shape index (κ3) is 4.36. The van der Waals surface area contributed by atoms with E-state index in [0.717, 1.165) is 0 Å². The zero-order valence-electron chi connectivity index (χ0n) is 8.13. The summed E-state index contributed by atoms with van der Waals surface area (Å²) in [5, 5.41) is 2.72. The number of nitrogens with one attached hydrogen (secondary N) is 1. The highest BCUT2D eigenvalue weighted by atomic mass is 79.9. The molecule has 1 aromatic rings. The molecule has 0 saturated heterocycles. The van der Waals surface area contributed by atoms with Gasteiger partial charge in [-0.05, 0) is 28.1 Å². The van der Waals surface area contributed by atoms with E-state index >= 15 is 0 Å². The van der Waals surface area contributed by atoms with E-state index in [0.29, 0.717) is 23.6 Å². The molecule has 1 unspecified atom stereocenters. The molecule has 1 heterocycles. The summed E-state index contributed by atoms with van der Waals surface area (Å²) in [6, 6.07) is 3.29. The second-order valence-corrected chi connectivity index (χ2v) is 4.94. The molecule has 0 radical (unpaired) electrons. The molecular formula is C9H11Br2NO3. The van der Waals surface area contributed by atoms with Crippen LogP contribution in [0.3, 0.4) is 0 Å². The van der Waals surface area contributed by atoms with E-state index < -0.39 is 0 Å². The minimum Gasteiger partial charge on any atom is -0.444 e. The van der Waals surface area contributed by atoms with Crippen molar-refractivity contribution in [2.75, 3.05) is 20.3 Å². The lowest BCUT2D eigenvalue weighted by Gasteiger charge is -2.08. The van der Waals surface area contributed by atoms with Crippen LogP contribution in [0.15, 0.2) is 21.2 Å². The smallest absolute Gasteiger partial charge is 0.287 e. The van der Waals surface area contributed by atoms with E-state index in [1.54, 1.807) is 19.2 Å². The Kier molecular flexibility index (Phi) is 5.35. The van der Waals surface area contributed by atoms with Gasteiger partial charge in [-0.1, -0.05) is 15.9 Å². The number of ether oxygens (including phenoxy) is 1. The molecule has 4 nitrogen and oxygen atoms in total. The molecule has 1 N–H and O–H groups in total. The molecule has 0 spiro atoms. The summed E-state index contributed by atoms with van der Waals surface area (Å²) in [7, 11) is 1.61. The topological polar surface area (TPSA) is 51.5 Å². The van der Waals surface area contributed by atoms with Gasteiger partial charge in [-0.3, -0.25) is 4.79 Å². The standard InChI is InChI=1S/C9H11Br2NO3/c1-14-5-6(10)4-12-9(13)7-2-3-8(11)15-7/h2-3,6H,4-5H2,1H3,(H,12,13). The number of hydrogen-bond acceptors (Lipinski definition) is 3. The molecule has 84 valence electrons. The minimum absolute atomic E-state index is 0.102. The largest absolute Gasteiger partial charge is 0.444 e. The summed E-state index contributed by atoms with van der Waals surface area (Å²) in [5.74, 6) is 0.0558. The number of hydrogen-bond donors (Lipinski definition) is 1. The van der Waals surface area contributed by atoms with Gasteiger partial charge in [0.1, 0.15) is 0 Å². The number of methoxy groups -OCH3 is 1. The van der Waals surface area contributed by atoms with Gasteiger partial charge < -0.3 is 14.5 Å². The van der Waals surface area contributed by atoms with Crippen LogP contribution in [-0.4, -0.2) is 31.0 Å². The summed E-state index contributed by atoms with van der Waals surface area (Å²) in [6.07, 6.45) is 0. The fourth-order valence-electron chi connectivity index (χ4n) is 0.967. The van der Waals surface area contributed by atoms with Gasteiger partial charge in [-0.2, -0.15) is 0 Å². The van der Waals surface area contributed by atoms with Crippen molar-refractivity contribution in [3.8, 4) is 0 Å². The van der Waals surface area contributed by atoms with Gasteiger partial charge in [-0.25, -0.2) is 0 Å². The number of amides is 1.